The molecule has 0 spiro atoms. The molecule has 10 heteroatoms. The van der Waals surface area contributed by atoms with Crippen LogP contribution >= 0.6 is 11.3 Å². The Bertz CT molecular complexity index is 927. The van der Waals surface area contributed by atoms with Crippen molar-refractivity contribution in [3.63, 3.8) is 0 Å². The van der Waals surface area contributed by atoms with Crippen molar-refractivity contribution in [2.75, 3.05) is 12.4 Å². The normalized spacial score (nSPS) is 10.9. The largest absolute Gasteiger partial charge is 0.497 e. The SMILES string of the molecule is COc1ccc2nc(Nc3ncnc(OC(C)C)c3[N+](=O)[O-])sc2c1. The van der Waals surface area contributed by atoms with Crippen LogP contribution in [0.4, 0.5) is 16.6 Å². The highest BCUT2D eigenvalue weighted by atomic mass is 32.1. The van der Waals surface area contributed by atoms with E-state index in [0.717, 1.165) is 10.2 Å². The van der Waals surface area contributed by atoms with Crippen molar-refractivity contribution in [3.8, 4) is 11.6 Å². The van der Waals surface area contributed by atoms with Crippen molar-refractivity contribution >= 4 is 38.2 Å². The Kier molecular flexibility index (Phi) is 4.61. The number of methoxy groups -OCH3 is 1. The molecule has 130 valence electrons. The number of hydrogen-bond donors (Lipinski definition) is 1. The molecule has 3 aromatic rings. The van der Waals surface area contributed by atoms with Gasteiger partial charge >= 0.3 is 5.69 Å². The van der Waals surface area contributed by atoms with Gasteiger partial charge in [-0.15, -0.1) is 0 Å². The minimum Gasteiger partial charge on any atom is -0.497 e. The fraction of sp³-hybridized carbons (Fsp3) is 0.267. The lowest BCUT2D eigenvalue weighted by molar-refractivity contribution is -0.385. The number of anilines is 2. The zero-order valence-electron chi connectivity index (χ0n) is 13.7. The summed E-state index contributed by atoms with van der Waals surface area (Å²) in [4.78, 5) is 23.1. The van der Waals surface area contributed by atoms with E-state index in [9.17, 15) is 10.1 Å². The Morgan fingerprint density at radius 2 is 2.12 bits per heavy atom. The number of thiazole rings is 1. The van der Waals surface area contributed by atoms with Crippen LogP contribution in [0.1, 0.15) is 13.8 Å². The Labute approximate surface area is 146 Å². The van der Waals surface area contributed by atoms with Crippen molar-refractivity contribution in [3.05, 3.63) is 34.6 Å². The van der Waals surface area contributed by atoms with Gasteiger partial charge in [-0.1, -0.05) is 11.3 Å². The lowest BCUT2D eigenvalue weighted by Gasteiger charge is -2.10. The smallest absolute Gasteiger partial charge is 0.373 e. The topological polar surface area (TPSA) is 112 Å². The Morgan fingerprint density at radius 3 is 2.80 bits per heavy atom. The molecule has 2 aromatic heterocycles. The van der Waals surface area contributed by atoms with Crippen molar-refractivity contribution in [2.45, 2.75) is 20.0 Å². The van der Waals surface area contributed by atoms with Crippen molar-refractivity contribution in [1.82, 2.24) is 15.0 Å². The molecule has 0 unspecified atom stereocenters. The number of hydrogen-bond acceptors (Lipinski definition) is 9. The maximum Gasteiger partial charge on any atom is 0.373 e. The van der Waals surface area contributed by atoms with E-state index in [0.29, 0.717) is 10.9 Å². The number of fused-ring (bicyclic) bond motifs is 1. The number of aromatic nitrogens is 3. The summed E-state index contributed by atoms with van der Waals surface area (Å²) in [6, 6.07) is 5.46. The molecule has 0 saturated carbocycles. The van der Waals surface area contributed by atoms with E-state index >= 15 is 0 Å². The average molecular weight is 361 g/mol. The van der Waals surface area contributed by atoms with Gasteiger partial charge in [-0.25, -0.2) is 9.97 Å². The summed E-state index contributed by atoms with van der Waals surface area (Å²) >= 11 is 1.34. The molecule has 9 nitrogen and oxygen atoms in total. The lowest BCUT2D eigenvalue weighted by atomic mass is 10.3. The van der Waals surface area contributed by atoms with E-state index < -0.39 is 4.92 Å². The minimum atomic E-state index is -0.573. The Hall–Kier alpha value is -3.01. The number of nitrogens with one attached hydrogen (secondary N) is 1. The van der Waals surface area contributed by atoms with Crippen LogP contribution in [0.25, 0.3) is 10.2 Å². The third-order valence-corrected chi connectivity index (χ3v) is 4.07. The van der Waals surface area contributed by atoms with E-state index in [1.54, 1.807) is 27.0 Å². The molecule has 0 fully saturated rings. The standard InChI is InChI=1S/C15H15N5O4S/c1-8(2)24-14-12(20(21)22)13(16-7-17-14)19-15-18-10-5-4-9(23-3)6-11(10)25-15/h4-8H,1-3H3,(H,16,17,18,19). The van der Waals surface area contributed by atoms with E-state index in [2.05, 4.69) is 20.3 Å². The summed E-state index contributed by atoms with van der Waals surface area (Å²) in [5, 5.41) is 14.8. The molecule has 0 radical (unpaired) electrons. The number of nitro groups is 1. The van der Waals surface area contributed by atoms with Gasteiger partial charge in [0.15, 0.2) is 5.13 Å². The fourth-order valence-corrected chi connectivity index (χ4v) is 3.01. The molecule has 0 saturated heterocycles. The van der Waals surface area contributed by atoms with Gasteiger partial charge in [-0.05, 0) is 32.0 Å². The average Bonchev–Trinajstić information content (AvgIpc) is 2.95. The Morgan fingerprint density at radius 1 is 1.32 bits per heavy atom. The van der Waals surface area contributed by atoms with Crippen molar-refractivity contribution < 1.29 is 14.4 Å². The quantitative estimate of drug-likeness (QED) is 0.524. The second kappa shape index (κ2) is 6.85. The summed E-state index contributed by atoms with van der Waals surface area (Å²) in [7, 11) is 1.59. The van der Waals surface area contributed by atoms with Gasteiger partial charge in [-0.3, -0.25) is 10.1 Å². The van der Waals surface area contributed by atoms with Crippen LogP contribution in [0.5, 0.6) is 11.6 Å². The molecule has 0 atom stereocenters. The minimum absolute atomic E-state index is 0.0293. The molecule has 0 aliphatic heterocycles. The van der Waals surface area contributed by atoms with E-state index in [4.69, 9.17) is 9.47 Å². The highest BCUT2D eigenvalue weighted by Crippen LogP contribution is 2.36. The molecule has 25 heavy (non-hydrogen) atoms. The lowest BCUT2D eigenvalue weighted by Crippen LogP contribution is -2.10. The fourth-order valence-electron chi connectivity index (χ4n) is 2.11. The zero-order valence-corrected chi connectivity index (χ0v) is 14.5. The van der Waals surface area contributed by atoms with Crippen molar-refractivity contribution in [1.29, 1.82) is 0 Å². The third kappa shape index (κ3) is 3.58. The van der Waals surface area contributed by atoms with E-state index in [1.165, 1.54) is 17.7 Å². The predicted molar refractivity (Wildman–Crippen MR) is 93.9 cm³/mol. The summed E-state index contributed by atoms with van der Waals surface area (Å²) < 4.78 is 11.5. The van der Waals surface area contributed by atoms with Crippen molar-refractivity contribution in [2.24, 2.45) is 0 Å². The number of ether oxygens (including phenoxy) is 2. The van der Waals surface area contributed by atoms with Crippen LogP contribution in [0, 0.1) is 10.1 Å². The number of benzene rings is 1. The van der Waals surface area contributed by atoms with Crippen LogP contribution in [0.15, 0.2) is 24.5 Å². The van der Waals surface area contributed by atoms with Crippen LogP contribution in [-0.2, 0) is 0 Å². The van der Waals surface area contributed by atoms with Crippen LogP contribution in [0.3, 0.4) is 0 Å². The zero-order chi connectivity index (χ0) is 18.0. The highest BCUT2D eigenvalue weighted by Gasteiger charge is 2.26. The summed E-state index contributed by atoms with van der Waals surface area (Å²) in [5.41, 5.74) is 0.427. The maximum absolute atomic E-state index is 11.4. The van der Waals surface area contributed by atoms with Crippen LogP contribution < -0.4 is 14.8 Å². The molecule has 3 rings (SSSR count). The summed E-state index contributed by atoms with van der Waals surface area (Å²) in [6.07, 6.45) is 0.958. The van der Waals surface area contributed by atoms with Gasteiger partial charge in [0.2, 0.25) is 5.82 Å². The second-order valence-electron chi connectivity index (χ2n) is 5.28. The summed E-state index contributed by atoms with van der Waals surface area (Å²) in [6.45, 7) is 3.53. The number of nitrogens with zero attached hydrogens (tertiary/aromatic N) is 4. The van der Waals surface area contributed by atoms with Gasteiger partial charge in [0, 0.05) is 0 Å². The molecule has 1 N–H and O–H groups in total. The molecule has 0 aliphatic carbocycles. The highest BCUT2D eigenvalue weighted by molar-refractivity contribution is 7.22. The first kappa shape index (κ1) is 16.8. The van der Waals surface area contributed by atoms with Crippen LogP contribution in [-0.4, -0.2) is 33.1 Å². The molecule has 0 aliphatic rings. The predicted octanol–water partition coefficient (Wildman–Crippen LogP) is 3.53. The Balaban J connectivity index is 1.98. The number of rotatable bonds is 6. The van der Waals surface area contributed by atoms with Gasteiger partial charge in [-0.2, -0.15) is 4.98 Å². The van der Waals surface area contributed by atoms with E-state index in [1.807, 2.05) is 12.1 Å². The second-order valence-corrected chi connectivity index (χ2v) is 6.31. The first-order valence-corrected chi connectivity index (χ1v) is 8.17. The van der Waals surface area contributed by atoms with Gasteiger partial charge in [0.1, 0.15) is 12.1 Å². The maximum atomic E-state index is 11.4. The first-order valence-electron chi connectivity index (χ1n) is 7.35. The van der Waals surface area contributed by atoms with Gasteiger partial charge in [0.05, 0.1) is 28.4 Å². The van der Waals surface area contributed by atoms with Crippen LogP contribution in [0.2, 0.25) is 0 Å². The van der Waals surface area contributed by atoms with Gasteiger partial charge in [0.25, 0.3) is 5.88 Å². The molecule has 1 aromatic carbocycles. The molecular formula is C15H15N5O4S. The molecular weight excluding hydrogens is 346 g/mol. The molecule has 2 heterocycles. The third-order valence-electron chi connectivity index (χ3n) is 3.14. The monoisotopic (exact) mass is 361 g/mol. The van der Waals surface area contributed by atoms with Gasteiger partial charge < -0.3 is 14.8 Å². The first-order chi connectivity index (χ1) is 12.0. The van der Waals surface area contributed by atoms with E-state index in [-0.39, 0.29) is 23.5 Å². The summed E-state index contributed by atoms with van der Waals surface area (Å²) in [5.74, 6) is 0.658. The molecule has 0 bridgehead atoms. The molecule has 0 amide bonds.